The standard InChI is InChI=1S/C29H60Cl2O6P2/c1-5-9-13-17-21-25-34-38(32,35-26-22-18-14-10-6-2)29(30,31)39(33,36-27-23-19-15-11-7-3)37-28-24-20-16-12-8-4/h5-28H2,1-4H3. The molecule has 0 amide bonds. The summed E-state index contributed by atoms with van der Waals surface area (Å²) in [4.78, 5) is 0. The van der Waals surface area contributed by atoms with Gasteiger partial charge in [0.15, 0.2) is 0 Å². The van der Waals surface area contributed by atoms with Gasteiger partial charge in [0.05, 0.1) is 26.4 Å². The summed E-state index contributed by atoms with van der Waals surface area (Å²) >= 11 is 13.5. The van der Waals surface area contributed by atoms with Gasteiger partial charge in [-0.05, 0) is 25.7 Å². The van der Waals surface area contributed by atoms with E-state index in [0.717, 1.165) is 103 Å². The smallest absolute Gasteiger partial charge is 0.306 e. The van der Waals surface area contributed by atoms with Gasteiger partial charge in [-0.25, -0.2) is 0 Å². The highest BCUT2D eigenvalue weighted by Gasteiger charge is 2.64. The Morgan fingerprint density at radius 2 is 0.615 bits per heavy atom. The van der Waals surface area contributed by atoms with Crippen LogP contribution in [0.3, 0.4) is 0 Å². The lowest BCUT2D eigenvalue weighted by atomic mass is 10.2. The summed E-state index contributed by atoms with van der Waals surface area (Å²) in [6.45, 7) is 9.24. The van der Waals surface area contributed by atoms with Gasteiger partial charge >= 0.3 is 19.0 Å². The van der Waals surface area contributed by atoms with Crippen molar-refractivity contribution >= 4 is 38.4 Å². The van der Waals surface area contributed by atoms with E-state index in [-0.39, 0.29) is 26.4 Å². The molecule has 0 radical (unpaired) electrons. The SMILES string of the molecule is CCCCCCCOP(=O)(OCCCCCCC)C(Cl)(Cl)P(=O)(OCCCCCCC)OCCCCCCC. The Hall–Kier alpha value is 0.880. The van der Waals surface area contributed by atoms with Crippen molar-refractivity contribution in [3.8, 4) is 0 Å². The second-order valence-electron chi connectivity index (χ2n) is 10.5. The second-order valence-corrected chi connectivity index (χ2v) is 17.6. The zero-order valence-corrected chi connectivity index (χ0v) is 28.9. The van der Waals surface area contributed by atoms with Crippen LogP contribution >= 0.6 is 38.4 Å². The van der Waals surface area contributed by atoms with Crippen LogP contribution in [-0.4, -0.2) is 30.2 Å². The molecule has 236 valence electrons. The van der Waals surface area contributed by atoms with Crippen LogP contribution in [-0.2, 0) is 27.2 Å². The van der Waals surface area contributed by atoms with Gasteiger partial charge in [0, 0.05) is 0 Å². The first-order chi connectivity index (χ1) is 18.7. The largest absolute Gasteiger partial charge is 0.379 e. The summed E-state index contributed by atoms with van der Waals surface area (Å²) in [5, 5.41) is 0. The molecule has 0 heterocycles. The fourth-order valence-corrected chi connectivity index (χ4v) is 9.41. The Labute approximate surface area is 251 Å². The average Bonchev–Trinajstić information content (AvgIpc) is 2.92. The summed E-state index contributed by atoms with van der Waals surface area (Å²) < 4.78 is 49.1. The van der Waals surface area contributed by atoms with E-state index in [0.29, 0.717) is 25.7 Å². The van der Waals surface area contributed by atoms with E-state index in [1.807, 2.05) is 0 Å². The van der Waals surface area contributed by atoms with Crippen LogP contribution in [0.5, 0.6) is 0 Å². The second kappa shape index (κ2) is 25.4. The van der Waals surface area contributed by atoms with Gasteiger partial charge in [0.1, 0.15) is 0 Å². The number of hydrogen-bond acceptors (Lipinski definition) is 6. The first-order valence-electron chi connectivity index (χ1n) is 15.9. The molecule has 0 rings (SSSR count). The maximum Gasteiger partial charge on any atom is 0.379 e. The van der Waals surface area contributed by atoms with Gasteiger partial charge in [0.2, 0.25) is 0 Å². The average molecular weight is 638 g/mol. The summed E-state index contributed by atoms with van der Waals surface area (Å²) in [5.41, 5.74) is 0. The van der Waals surface area contributed by atoms with Crippen LogP contribution < -0.4 is 0 Å². The summed E-state index contributed by atoms with van der Waals surface area (Å²) in [6.07, 6.45) is 19.8. The van der Waals surface area contributed by atoms with Crippen LogP contribution in [0.25, 0.3) is 0 Å². The Bertz CT molecular complexity index is 559. The van der Waals surface area contributed by atoms with Gasteiger partial charge in [0.25, 0.3) is 0 Å². The molecule has 6 nitrogen and oxygen atoms in total. The Morgan fingerprint density at radius 1 is 0.410 bits per heavy atom. The van der Waals surface area contributed by atoms with Crippen LogP contribution in [0.1, 0.15) is 156 Å². The molecule has 0 bridgehead atoms. The molecule has 0 aromatic rings. The molecule has 0 aliphatic carbocycles. The highest BCUT2D eigenvalue weighted by Crippen LogP contribution is 2.81. The number of unbranched alkanes of at least 4 members (excludes halogenated alkanes) is 16. The van der Waals surface area contributed by atoms with Crippen molar-refractivity contribution in [1.29, 1.82) is 0 Å². The molecular formula is C29H60Cl2O6P2. The maximum absolute atomic E-state index is 14.2. The first kappa shape index (κ1) is 39.9. The molecule has 0 aromatic carbocycles. The molecular weight excluding hydrogens is 577 g/mol. The molecule has 0 saturated carbocycles. The number of hydrogen-bond donors (Lipinski definition) is 0. The predicted molar refractivity (Wildman–Crippen MR) is 168 cm³/mol. The molecule has 0 unspecified atom stereocenters. The zero-order chi connectivity index (χ0) is 29.3. The minimum Gasteiger partial charge on any atom is -0.306 e. The Morgan fingerprint density at radius 3 is 0.821 bits per heavy atom. The monoisotopic (exact) mass is 636 g/mol. The third kappa shape index (κ3) is 17.6. The Kier molecular flexibility index (Phi) is 26.0. The fourth-order valence-electron chi connectivity index (χ4n) is 4.10. The van der Waals surface area contributed by atoms with Gasteiger partial charge in [-0.1, -0.05) is 154 Å². The highest BCUT2D eigenvalue weighted by atomic mass is 35.5. The summed E-state index contributed by atoms with van der Waals surface area (Å²) in [5.74, 6) is 0. The number of rotatable bonds is 30. The van der Waals surface area contributed by atoms with Crippen molar-refractivity contribution < 1.29 is 27.2 Å². The van der Waals surface area contributed by atoms with Crippen molar-refractivity contribution in [2.75, 3.05) is 26.4 Å². The van der Waals surface area contributed by atoms with Crippen LogP contribution in [0.4, 0.5) is 0 Å². The third-order valence-electron chi connectivity index (χ3n) is 6.70. The van der Waals surface area contributed by atoms with Gasteiger partial charge < -0.3 is 18.1 Å². The van der Waals surface area contributed by atoms with Crippen molar-refractivity contribution in [2.45, 2.75) is 160 Å². The molecule has 10 heteroatoms. The van der Waals surface area contributed by atoms with E-state index in [2.05, 4.69) is 27.7 Å². The lowest BCUT2D eigenvalue weighted by Crippen LogP contribution is -2.22. The maximum atomic E-state index is 14.2. The molecule has 0 aliphatic rings. The van der Waals surface area contributed by atoms with Crippen LogP contribution in [0.15, 0.2) is 0 Å². The van der Waals surface area contributed by atoms with E-state index in [9.17, 15) is 9.13 Å². The van der Waals surface area contributed by atoms with Gasteiger partial charge in [-0.2, -0.15) is 0 Å². The number of alkyl halides is 2. The summed E-state index contributed by atoms with van der Waals surface area (Å²) in [7, 11) is -8.54. The van der Waals surface area contributed by atoms with E-state index in [4.69, 9.17) is 41.3 Å². The first-order valence-corrected chi connectivity index (χ1v) is 19.7. The number of halogens is 2. The van der Waals surface area contributed by atoms with Crippen molar-refractivity contribution in [3.05, 3.63) is 0 Å². The van der Waals surface area contributed by atoms with Crippen LogP contribution in [0, 0.1) is 0 Å². The van der Waals surface area contributed by atoms with Crippen molar-refractivity contribution in [3.63, 3.8) is 0 Å². The third-order valence-corrected chi connectivity index (χ3v) is 14.1. The Balaban J connectivity index is 5.54. The van der Waals surface area contributed by atoms with E-state index < -0.39 is 19.0 Å². The molecule has 39 heavy (non-hydrogen) atoms. The van der Waals surface area contributed by atoms with E-state index in [1.165, 1.54) is 0 Å². The normalized spacial score (nSPS) is 12.9. The van der Waals surface area contributed by atoms with E-state index in [1.54, 1.807) is 0 Å². The highest BCUT2D eigenvalue weighted by molar-refractivity contribution is 7.80. The molecule has 0 saturated heterocycles. The molecule has 0 fully saturated rings. The zero-order valence-electron chi connectivity index (χ0n) is 25.6. The minimum absolute atomic E-state index is 0.159. The molecule has 0 aliphatic heterocycles. The van der Waals surface area contributed by atoms with Crippen molar-refractivity contribution in [1.82, 2.24) is 0 Å². The van der Waals surface area contributed by atoms with Gasteiger partial charge in [-0.15, -0.1) is 0 Å². The topological polar surface area (TPSA) is 71.1 Å². The van der Waals surface area contributed by atoms with Crippen molar-refractivity contribution in [2.24, 2.45) is 0 Å². The molecule has 0 atom stereocenters. The fraction of sp³-hybridized carbons (Fsp3) is 1.00. The molecule has 0 spiro atoms. The minimum atomic E-state index is -4.27. The summed E-state index contributed by atoms with van der Waals surface area (Å²) in [6, 6.07) is 0. The predicted octanol–water partition coefficient (Wildman–Crippen LogP) is 12.4. The lowest BCUT2D eigenvalue weighted by molar-refractivity contribution is 0.178. The molecule has 0 aromatic heterocycles. The lowest BCUT2D eigenvalue weighted by Gasteiger charge is -2.34. The van der Waals surface area contributed by atoms with Gasteiger partial charge in [-0.3, -0.25) is 9.13 Å². The molecule has 0 N–H and O–H groups in total. The van der Waals surface area contributed by atoms with Crippen LogP contribution in [0.2, 0.25) is 0 Å². The van der Waals surface area contributed by atoms with E-state index >= 15 is 0 Å². The quantitative estimate of drug-likeness (QED) is 0.0443.